The van der Waals surface area contributed by atoms with Gasteiger partial charge in [0.2, 0.25) is 0 Å². The summed E-state index contributed by atoms with van der Waals surface area (Å²) in [5.74, 6) is 0. The summed E-state index contributed by atoms with van der Waals surface area (Å²) in [5.41, 5.74) is 0. The zero-order chi connectivity index (χ0) is 11.1. The topological polar surface area (TPSA) is 15.3 Å². The molecule has 0 radical (unpaired) electrons. The summed E-state index contributed by atoms with van der Waals surface area (Å²) in [6.45, 7) is 10.5. The van der Waals surface area contributed by atoms with Gasteiger partial charge in [-0.3, -0.25) is 4.90 Å². The molecule has 1 rings (SSSR count). The van der Waals surface area contributed by atoms with Gasteiger partial charge in [0.05, 0.1) is 0 Å². The number of hydrogen-bond donors (Lipinski definition) is 1. The molecule has 1 aliphatic heterocycles. The average Bonchev–Trinajstić information content (AvgIpc) is 2.43. The van der Waals surface area contributed by atoms with Crippen LogP contribution in [0.2, 0.25) is 0 Å². The van der Waals surface area contributed by atoms with Crippen LogP contribution in [0.15, 0.2) is 0 Å². The Kier molecular flexibility index (Phi) is 6.26. The minimum atomic E-state index is 0.641. The predicted octanol–water partition coefficient (Wildman–Crippen LogP) is 2.64. The molecule has 15 heavy (non-hydrogen) atoms. The third-order valence-electron chi connectivity index (χ3n) is 3.53. The predicted molar refractivity (Wildman–Crippen MR) is 67.3 cm³/mol. The molecule has 1 heterocycles. The second kappa shape index (κ2) is 7.24. The van der Waals surface area contributed by atoms with Crippen LogP contribution in [0.1, 0.15) is 52.9 Å². The van der Waals surface area contributed by atoms with E-state index >= 15 is 0 Å². The molecule has 1 fully saturated rings. The molecule has 0 bridgehead atoms. The van der Waals surface area contributed by atoms with Gasteiger partial charge in [0, 0.05) is 18.6 Å². The Labute approximate surface area is 95.4 Å². The van der Waals surface area contributed by atoms with Crippen LogP contribution in [0.5, 0.6) is 0 Å². The first-order valence-electron chi connectivity index (χ1n) is 6.75. The Hall–Kier alpha value is -0.0800. The van der Waals surface area contributed by atoms with Gasteiger partial charge in [0.25, 0.3) is 0 Å². The van der Waals surface area contributed by atoms with Crippen molar-refractivity contribution in [2.24, 2.45) is 0 Å². The van der Waals surface area contributed by atoms with Crippen molar-refractivity contribution in [1.82, 2.24) is 10.2 Å². The lowest BCUT2D eigenvalue weighted by molar-refractivity contribution is 0.178. The van der Waals surface area contributed by atoms with Crippen LogP contribution in [-0.4, -0.2) is 36.6 Å². The molecule has 1 saturated heterocycles. The van der Waals surface area contributed by atoms with E-state index in [1.807, 2.05) is 0 Å². The maximum absolute atomic E-state index is 3.52. The second-order valence-corrected chi connectivity index (χ2v) is 4.87. The average molecular weight is 212 g/mol. The first-order valence-corrected chi connectivity index (χ1v) is 6.75. The monoisotopic (exact) mass is 212 g/mol. The first kappa shape index (κ1) is 13.0. The van der Waals surface area contributed by atoms with Crippen LogP contribution in [0.3, 0.4) is 0 Å². The van der Waals surface area contributed by atoms with E-state index in [0.29, 0.717) is 6.04 Å². The Balaban J connectivity index is 2.40. The molecule has 0 aromatic heterocycles. The standard InChI is InChI=1S/C13H28N2/c1-4-13-9-7-6-8-10-15(13)11-12(3)14-5-2/h12-14H,4-11H2,1-3H3. The van der Waals surface area contributed by atoms with Crippen LogP contribution in [0, 0.1) is 0 Å². The summed E-state index contributed by atoms with van der Waals surface area (Å²) in [5, 5.41) is 3.52. The third kappa shape index (κ3) is 4.52. The SMILES string of the molecule is CCNC(C)CN1CCCCCC1CC. The van der Waals surface area contributed by atoms with Crippen molar-refractivity contribution in [3.05, 3.63) is 0 Å². The minimum absolute atomic E-state index is 0.641. The zero-order valence-corrected chi connectivity index (χ0v) is 10.8. The van der Waals surface area contributed by atoms with Gasteiger partial charge < -0.3 is 5.32 Å². The summed E-state index contributed by atoms with van der Waals surface area (Å²) in [6, 6.07) is 1.48. The van der Waals surface area contributed by atoms with Crippen molar-refractivity contribution in [3.8, 4) is 0 Å². The van der Waals surface area contributed by atoms with Crippen molar-refractivity contribution in [1.29, 1.82) is 0 Å². The van der Waals surface area contributed by atoms with Gasteiger partial charge in [-0.15, -0.1) is 0 Å². The van der Waals surface area contributed by atoms with Gasteiger partial charge in [-0.2, -0.15) is 0 Å². The normalized spacial score (nSPS) is 26.2. The van der Waals surface area contributed by atoms with E-state index in [2.05, 4.69) is 31.0 Å². The van der Waals surface area contributed by atoms with E-state index in [-0.39, 0.29) is 0 Å². The van der Waals surface area contributed by atoms with E-state index in [1.165, 1.54) is 45.2 Å². The van der Waals surface area contributed by atoms with E-state index in [1.54, 1.807) is 0 Å². The molecule has 1 N–H and O–H groups in total. The van der Waals surface area contributed by atoms with Crippen LogP contribution in [-0.2, 0) is 0 Å². The summed E-state index contributed by atoms with van der Waals surface area (Å²) in [6.07, 6.45) is 7.00. The Morgan fingerprint density at radius 2 is 2.07 bits per heavy atom. The molecule has 1 aliphatic rings. The zero-order valence-electron chi connectivity index (χ0n) is 10.8. The molecular weight excluding hydrogens is 184 g/mol. The van der Waals surface area contributed by atoms with Crippen LogP contribution >= 0.6 is 0 Å². The largest absolute Gasteiger partial charge is 0.313 e. The summed E-state index contributed by atoms with van der Waals surface area (Å²) < 4.78 is 0. The lowest BCUT2D eigenvalue weighted by atomic mass is 10.1. The van der Waals surface area contributed by atoms with Gasteiger partial charge in [0.15, 0.2) is 0 Å². The number of nitrogens with one attached hydrogen (secondary N) is 1. The highest BCUT2D eigenvalue weighted by Crippen LogP contribution is 2.19. The van der Waals surface area contributed by atoms with Crippen LogP contribution in [0.4, 0.5) is 0 Å². The fourth-order valence-corrected chi connectivity index (χ4v) is 2.70. The molecule has 0 aliphatic carbocycles. The van der Waals surface area contributed by atoms with E-state index in [4.69, 9.17) is 0 Å². The lowest BCUT2D eigenvalue weighted by Gasteiger charge is -2.31. The number of rotatable bonds is 5. The molecule has 0 aromatic rings. The number of nitrogens with zero attached hydrogens (tertiary/aromatic N) is 1. The van der Waals surface area contributed by atoms with E-state index < -0.39 is 0 Å². The molecule has 0 amide bonds. The van der Waals surface area contributed by atoms with E-state index in [9.17, 15) is 0 Å². The number of hydrogen-bond acceptors (Lipinski definition) is 2. The third-order valence-corrected chi connectivity index (χ3v) is 3.53. The molecule has 2 nitrogen and oxygen atoms in total. The Morgan fingerprint density at radius 1 is 1.27 bits per heavy atom. The number of likely N-dealkylation sites (tertiary alicyclic amines) is 1. The fraction of sp³-hybridized carbons (Fsp3) is 1.00. The molecular formula is C13H28N2. The molecule has 2 heteroatoms. The lowest BCUT2D eigenvalue weighted by Crippen LogP contribution is -2.43. The maximum Gasteiger partial charge on any atom is 0.0166 e. The molecule has 2 unspecified atom stereocenters. The van der Waals surface area contributed by atoms with Crippen molar-refractivity contribution in [3.63, 3.8) is 0 Å². The van der Waals surface area contributed by atoms with Crippen molar-refractivity contribution < 1.29 is 0 Å². The molecule has 0 spiro atoms. The Bertz CT molecular complexity index is 159. The molecule has 2 atom stereocenters. The highest BCUT2D eigenvalue weighted by atomic mass is 15.2. The van der Waals surface area contributed by atoms with Crippen LogP contribution in [0.25, 0.3) is 0 Å². The molecule has 90 valence electrons. The second-order valence-electron chi connectivity index (χ2n) is 4.87. The van der Waals surface area contributed by atoms with E-state index in [0.717, 1.165) is 12.6 Å². The molecule has 0 aromatic carbocycles. The van der Waals surface area contributed by atoms with Gasteiger partial charge in [-0.25, -0.2) is 0 Å². The summed E-state index contributed by atoms with van der Waals surface area (Å²) >= 11 is 0. The van der Waals surface area contributed by atoms with Crippen molar-refractivity contribution in [2.75, 3.05) is 19.6 Å². The Morgan fingerprint density at radius 3 is 2.73 bits per heavy atom. The highest BCUT2D eigenvalue weighted by molar-refractivity contribution is 4.77. The summed E-state index contributed by atoms with van der Waals surface area (Å²) in [4.78, 5) is 2.71. The van der Waals surface area contributed by atoms with Gasteiger partial charge in [0.1, 0.15) is 0 Å². The van der Waals surface area contributed by atoms with Gasteiger partial charge in [-0.05, 0) is 39.3 Å². The van der Waals surface area contributed by atoms with Gasteiger partial charge >= 0.3 is 0 Å². The van der Waals surface area contributed by atoms with Gasteiger partial charge in [-0.1, -0.05) is 26.7 Å². The maximum atomic E-state index is 3.52. The highest BCUT2D eigenvalue weighted by Gasteiger charge is 2.20. The molecule has 0 saturated carbocycles. The minimum Gasteiger partial charge on any atom is -0.313 e. The smallest absolute Gasteiger partial charge is 0.0166 e. The van der Waals surface area contributed by atoms with Crippen LogP contribution < -0.4 is 5.32 Å². The summed E-state index contributed by atoms with van der Waals surface area (Å²) in [7, 11) is 0. The number of likely N-dealkylation sites (N-methyl/N-ethyl adjacent to an activating group) is 1. The quantitative estimate of drug-likeness (QED) is 0.753. The first-order chi connectivity index (χ1) is 7.27. The van der Waals surface area contributed by atoms with Crippen molar-refractivity contribution in [2.45, 2.75) is 65.0 Å². The van der Waals surface area contributed by atoms with Crippen molar-refractivity contribution >= 4 is 0 Å². The fourth-order valence-electron chi connectivity index (χ4n) is 2.70.